The molecule has 3 aromatic carbocycles. The second-order valence-corrected chi connectivity index (χ2v) is 8.21. The van der Waals surface area contributed by atoms with Crippen molar-refractivity contribution in [2.24, 2.45) is 0 Å². The van der Waals surface area contributed by atoms with Crippen molar-refractivity contribution in [3.05, 3.63) is 101 Å². The molecule has 2 amide bonds. The van der Waals surface area contributed by atoms with Gasteiger partial charge in [0, 0.05) is 31.9 Å². The summed E-state index contributed by atoms with van der Waals surface area (Å²) in [5.74, 6) is 0.0423. The summed E-state index contributed by atoms with van der Waals surface area (Å²) in [6, 6.07) is 22.9. The summed E-state index contributed by atoms with van der Waals surface area (Å²) >= 11 is 0. The molecule has 172 valence electrons. The van der Waals surface area contributed by atoms with Crippen LogP contribution in [0.3, 0.4) is 0 Å². The molecule has 2 heterocycles. The van der Waals surface area contributed by atoms with Crippen LogP contribution in [0.5, 0.6) is 0 Å². The van der Waals surface area contributed by atoms with Gasteiger partial charge in [0.15, 0.2) is 5.82 Å². The molecule has 0 radical (unpaired) electrons. The van der Waals surface area contributed by atoms with E-state index in [-0.39, 0.29) is 17.4 Å². The van der Waals surface area contributed by atoms with Crippen molar-refractivity contribution in [3.8, 4) is 0 Å². The van der Waals surface area contributed by atoms with Crippen LogP contribution in [0.2, 0.25) is 0 Å². The average molecular weight is 458 g/mol. The van der Waals surface area contributed by atoms with Crippen LogP contribution in [0.1, 0.15) is 5.56 Å². The van der Waals surface area contributed by atoms with Crippen molar-refractivity contribution in [3.63, 3.8) is 0 Å². The number of nitrogens with one attached hydrogen (secondary N) is 1. The minimum atomic E-state index is -0.354. The van der Waals surface area contributed by atoms with E-state index in [0.717, 1.165) is 16.6 Å². The fourth-order valence-electron chi connectivity index (χ4n) is 4.17. The van der Waals surface area contributed by atoms with Crippen LogP contribution in [-0.2, 0) is 6.54 Å². The fraction of sp³-hybridized carbons (Fsp3) is 0.192. The zero-order valence-electron chi connectivity index (χ0n) is 18.5. The zero-order chi connectivity index (χ0) is 23.5. The van der Waals surface area contributed by atoms with Crippen LogP contribution >= 0.6 is 0 Å². The summed E-state index contributed by atoms with van der Waals surface area (Å²) < 4.78 is 14.9. The van der Waals surface area contributed by atoms with Gasteiger partial charge < -0.3 is 15.1 Å². The first-order valence-corrected chi connectivity index (χ1v) is 11.2. The molecule has 0 atom stereocenters. The van der Waals surface area contributed by atoms with Crippen molar-refractivity contribution < 1.29 is 9.18 Å². The van der Waals surface area contributed by atoms with Crippen LogP contribution in [0.4, 0.5) is 20.7 Å². The first kappa shape index (κ1) is 21.6. The van der Waals surface area contributed by atoms with E-state index >= 15 is 0 Å². The number of hydrogen-bond acceptors (Lipinski definition) is 4. The highest BCUT2D eigenvalue weighted by atomic mass is 19.1. The monoisotopic (exact) mass is 457 g/mol. The fourth-order valence-corrected chi connectivity index (χ4v) is 4.17. The number of carbonyl (C=O) groups is 1. The summed E-state index contributed by atoms with van der Waals surface area (Å²) in [7, 11) is 0. The third-order valence-electron chi connectivity index (χ3n) is 5.98. The molecular formula is C26H24FN5O2. The number of halogens is 1. The molecule has 1 aromatic heterocycles. The number of benzene rings is 3. The minimum absolute atomic E-state index is 0.147. The highest BCUT2D eigenvalue weighted by Crippen LogP contribution is 2.18. The van der Waals surface area contributed by atoms with Gasteiger partial charge in [-0.25, -0.2) is 14.2 Å². The molecule has 1 N–H and O–H groups in total. The lowest BCUT2D eigenvalue weighted by molar-refractivity contribution is 0.208. The third kappa shape index (κ3) is 4.47. The molecule has 0 aliphatic carbocycles. The first-order valence-electron chi connectivity index (χ1n) is 11.2. The number of aromatic nitrogens is 2. The van der Waals surface area contributed by atoms with Crippen LogP contribution in [-0.4, -0.2) is 46.7 Å². The summed E-state index contributed by atoms with van der Waals surface area (Å²) in [4.78, 5) is 34.4. The van der Waals surface area contributed by atoms with Gasteiger partial charge in [0.25, 0.3) is 5.56 Å². The van der Waals surface area contributed by atoms with Crippen molar-refractivity contribution in [1.29, 1.82) is 0 Å². The number of hydrogen-bond donors (Lipinski definition) is 1. The van der Waals surface area contributed by atoms with E-state index in [2.05, 4.69) is 10.3 Å². The van der Waals surface area contributed by atoms with E-state index in [1.807, 2.05) is 59.5 Å². The lowest BCUT2D eigenvalue weighted by Gasteiger charge is -2.35. The molecule has 4 aromatic rings. The second kappa shape index (κ2) is 9.35. The maximum atomic E-state index is 13.5. The van der Waals surface area contributed by atoms with Gasteiger partial charge >= 0.3 is 6.03 Å². The SMILES string of the molecule is O=C(Nc1ccc(F)cc1)N1CCN(c2nc3ccccc3n(Cc3ccccc3)c2=O)CC1. The number of amides is 2. The molecule has 0 bridgehead atoms. The smallest absolute Gasteiger partial charge is 0.321 e. The van der Waals surface area contributed by atoms with Gasteiger partial charge in [-0.2, -0.15) is 0 Å². The minimum Gasteiger partial charge on any atom is -0.348 e. The molecule has 1 fully saturated rings. The Hall–Kier alpha value is -4.20. The van der Waals surface area contributed by atoms with Gasteiger partial charge in [-0.05, 0) is 42.0 Å². The maximum absolute atomic E-state index is 13.5. The predicted molar refractivity (Wildman–Crippen MR) is 131 cm³/mol. The van der Waals surface area contributed by atoms with Crippen molar-refractivity contribution in [2.45, 2.75) is 6.54 Å². The summed E-state index contributed by atoms with van der Waals surface area (Å²) in [5, 5.41) is 2.79. The molecule has 0 spiro atoms. The lowest BCUT2D eigenvalue weighted by Crippen LogP contribution is -2.51. The average Bonchev–Trinajstić information content (AvgIpc) is 2.87. The summed E-state index contributed by atoms with van der Waals surface area (Å²) in [6.07, 6.45) is 0. The van der Waals surface area contributed by atoms with Crippen LogP contribution < -0.4 is 15.8 Å². The molecular weight excluding hydrogens is 433 g/mol. The number of carbonyl (C=O) groups excluding carboxylic acids is 1. The Morgan fingerprint density at radius 1 is 0.882 bits per heavy atom. The van der Waals surface area contributed by atoms with E-state index < -0.39 is 0 Å². The predicted octanol–water partition coefficient (Wildman–Crippen LogP) is 3.94. The van der Waals surface area contributed by atoms with Crippen molar-refractivity contribution in [1.82, 2.24) is 14.5 Å². The highest BCUT2D eigenvalue weighted by Gasteiger charge is 2.25. The first-order chi connectivity index (χ1) is 16.6. The Morgan fingerprint density at radius 2 is 1.56 bits per heavy atom. The molecule has 0 saturated carbocycles. The number of rotatable bonds is 4. The highest BCUT2D eigenvalue weighted by molar-refractivity contribution is 5.89. The number of nitrogens with zero attached hydrogens (tertiary/aromatic N) is 4. The normalized spacial score (nSPS) is 13.8. The van der Waals surface area contributed by atoms with Gasteiger partial charge in [-0.15, -0.1) is 0 Å². The quantitative estimate of drug-likeness (QED) is 0.504. The number of urea groups is 1. The summed E-state index contributed by atoms with van der Waals surface area (Å²) in [6.45, 7) is 2.32. The Balaban J connectivity index is 1.36. The lowest BCUT2D eigenvalue weighted by atomic mass is 10.2. The topological polar surface area (TPSA) is 70.5 Å². The van der Waals surface area contributed by atoms with E-state index in [0.29, 0.717) is 44.2 Å². The Labute approximate surface area is 196 Å². The summed E-state index contributed by atoms with van der Waals surface area (Å²) in [5.41, 5.74) is 2.97. The number of anilines is 2. The largest absolute Gasteiger partial charge is 0.348 e. The molecule has 34 heavy (non-hydrogen) atoms. The number of para-hydroxylation sites is 2. The van der Waals surface area contributed by atoms with Crippen molar-refractivity contribution >= 4 is 28.6 Å². The Morgan fingerprint density at radius 3 is 2.29 bits per heavy atom. The molecule has 7 nitrogen and oxygen atoms in total. The maximum Gasteiger partial charge on any atom is 0.321 e. The van der Waals surface area contributed by atoms with Gasteiger partial charge in [-0.3, -0.25) is 9.36 Å². The molecule has 1 aliphatic heterocycles. The number of fused-ring (bicyclic) bond motifs is 1. The van der Waals surface area contributed by atoms with Crippen LogP contribution in [0, 0.1) is 5.82 Å². The van der Waals surface area contributed by atoms with Gasteiger partial charge in [0.1, 0.15) is 5.82 Å². The number of piperazine rings is 1. The Bertz CT molecular complexity index is 1360. The second-order valence-electron chi connectivity index (χ2n) is 8.21. The van der Waals surface area contributed by atoms with E-state index in [1.165, 1.54) is 24.3 Å². The van der Waals surface area contributed by atoms with Crippen LogP contribution in [0.25, 0.3) is 11.0 Å². The third-order valence-corrected chi connectivity index (χ3v) is 5.98. The van der Waals surface area contributed by atoms with Gasteiger partial charge in [0.05, 0.1) is 17.6 Å². The zero-order valence-corrected chi connectivity index (χ0v) is 18.5. The molecule has 5 rings (SSSR count). The molecule has 0 unspecified atom stereocenters. The standard InChI is InChI=1S/C26H24FN5O2/c27-20-10-12-21(13-11-20)28-26(34)31-16-14-30(15-17-31)24-25(33)32(18-19-6-2-1-3-7-19)23-9-5-4-8-22(23)29-24/h1-13H,14-18H2,(H,28,34). The molecule has 1 saturated heterocycles. The molecule has 8 heteroatoms. The van der Waals surface area contributed by atoms with Gasteiger partial charge in [0.2, 0.25) is 0 Å². The van der Waals surface area contributed by atoms with Gasteiger partial charge in [-0.1, -0.05) is 42.5 Å². The van der Waals surface area contributed by atoms with E-state index in [1.54, 1.807) is 9.47 Å². The van der Waals surface area contributed by atoms with E-state index in [4.69, 9.17) is 0 Å². The van der Waals surface area contributed by atoms with Crippen molar-refractivity contribution in [2.75, 3.05) is 36.4 Å². The van der Waals surface area contributed by atoms with E-state index in [9.17, 15) is 14.0 Å². The Kier molecular flexibility index (Phi) is 5.95. The molecule has 1 aliphatic rings. The van der Waals surface area contributed by atoms with Crippen LogP contribution in [0.15, 0.2) is 83.7 Å².